The van der Waals surface area contributed by atoms with Crippen LogP contribution in [0.2, 0.25) is 0 Å². The number of allylic oxidation sites excluding steroid dienone is 4. The van der Waals surface area contributed by atoms with Gasteiger partial charge in [-0.05, 0) is 38.7 Å². The van der Waals surface area contributed by atoms with Gasteiger partial charge in [-0.2, -0.15) is 0 Å². The number of alkyl halides is 2. The first-order valence-corrected chi connectivity index (χ1v) is 10.1. The maximum absolute atomic E-state index is 12.8. The van der Waals surface area contributed by atoms with E-state index in [9.17, 15) is 13.6 Å². The number of aryl methyl sites for hydroxylation is 1. The van der Waals surface area contributed by atoms with E-state index >= 15 is 0 Å². The van der Waals surface area contributed by atoms with Crippen molar-refractivity contribution >= 4 is 29.0 Å². The van der Waals surface area contributed by atoms with Crippen molar-refractivity contribution in [2.24, 2.45) is 5.73 Å². The molecule has 2 aliphatic rings. The van der Waals surface area contributed by atoms with E-state index in [1.807, 2.05) is 11.0 Å². The Bertz CT molecular complexity index is 855. The molecule has 154 valence electrons. The molecule has 1 aromatic heterocycles. The molecule has 28 heavy (non-hydrogen) atoms. The fourth-order valence-electron chi connectivity index (χ4n) is 3.95. The molecule has 5 nitrogen and oxygen atoms in total. The van der Waals surface area contributed by atoms with Crippen molar-refractivity contribution in [2.45, 2.75) is 57.0 Å². The van der Waals surface area contributed by atoms with Crippen molar-refractivity contribution in [1.82, 2.24) is 9.55 Å². The van der Waals surface area contributed by atoms with Crippen LogP contribution < -0.4 is 16.2 Å². The van der Waals surface area contributed by atoms with Gasteiger partial charge in [-0.1, -0.05) is 29.3 Å². The van der Waals surface area contributed by atoms with Crippen LogP contribution in [0, 0.1) is 6.92 Å². The molecule has 0 radical (unpaired) electrons. The minimum absolute atomic E-state index is 0.221. The maximum Gasteiger partial charge on any atom is 0.256 e. The van der Waals surface area contributed by atoms with Crippen molar-refractivity contribution in [3.05, 3.63) is 44.5 Å². The van der Waals surface area contributed by atoms with Gasteiger partial charge in [0.05, 0.1) is 16.1 Å². The molecule has 0 spiro atoms. The standard InChI is InChI=1S/C19H24Cl2F2N4O/c1-12-25-16(26-8-3-6-19(24,7-9-26)11-15(22)23)10-17(28)27(12)14-5-2-4-13(20)18(14)21/h2,4,10,14-15H,3,5-9,11,24H2,1H3/t14-,19+/m0/s1. The van der Waals surface area contributed by atoms with Crippen LogP contribution in [0.25, 0.3) is 0 Å². The molecule has 0 saturated carbocycles. The van der Waals surface area contributed by atoms with Gasteiger partial charge in [0.25, 0.3) is 5.56 Å². The monoisotopic (exact) mass is 432 g/mol. The number of anilines is 1. The second kappa shape index (κ2) is 8.51. The van der Waals surface area contributed by atoms with E-state index in [2.05, 4.69) is 4.98 Å². The van der Waals surface area contributed by atoms with Crippen molar-refractivity contribution in [3.63, 3.8) is 0 Å². The van der Waals surface area contributed by atoms with E-state index in [4.69, 9.17) is 28.9 Å². The van der Waals surface area contributed by atoms with Gasteiger partial charge < -0.3 is 10.6 Å². The summed E-state index contributed by atoms with van der Waals surface area (Å²) in [7, 11) is 0. The Labute approximate surface area is 172 Å². The minimum Gasteiger partial charge on any atom is -0.356 e. The van der Waals surface area contributed by atoms with Gasteiger partial charge in [-0.15, -0.1) is 0 Å². The highest BCUT2D eigenvalue weighted by atomic mass is 35.5. The van der Waals surface area contributed by atoms with E-state index in [1.165, 1.54) is 6.07 Å². The second-order valence-electron chi connectivity index (χ2n) is 7.52. The minimum atomic E-state index is -2.42. The zero-order valence-corrected chi connectivity index (χ0v) is 17.2. The molecule has 3 rings (SSSR count). The topological polar surface area (TPSA) is 64.2 Å². The van der Waals surface area contributed by atoms with E-state index in [0.717, 1.165) is 0 Å². The molecule has 1 saturated heterocycles. The van der Waals surface area contributed by atoms with E-state index in [0.29, 0.717) is 60.5 Å². The number of aromatic nitrogens is 2. The van der Waals surface area contributed by atoms with Gasteiger partial charge in [0.15, 0.2) is 0 Å². The number of hydrogen-bond donors (Lipinski definition) is 1. The van der Waals surface area contributed by atoms with Crippen molar-refractivity contribution in [2.75, 3.05) is 18.0 Å². The van der Waals surface area contributed by atoms with Crippen LogP contribution in [-0.4, -0.2) is 34.6 Å². The van der Waals surface area contributed by atoms with E-state index in [1.54, 1.807) is 17.6 Å². The van der Waals surface area contributed by atoms with Gasteiger partial charge in [0.2, 0.25) is 6.43 Å². The first-order chi connectivity index (χ1) is 13.2. The van der Waals surface area contributed by atoms with Crippen LogP contribution in [0.4, 0.5) is 14.6 Å². The maximum atomic E-state index is 12.8. The first kappa shape index (κ1) is 21.3. The Morgan fingerprint density at radius 1 is 1.36 bits per heavy atom. The predicted octanol–water partition coefficient (Wildman–Crippen LogP) is 4.08. The highest BCUT2D eigenvalue weighted by molar-refractivity contribution is 6.40. The van der Waals surface area contributed by atoms with Crippen LogP contribution in [0.3, 0.4) is 0 Å². The van der Waals surface area contributed by atoms with Gasteiger partial charge >= 0.3 is 0 Å². The van der Waals surface area contributed by atoms with E-state index in [-0.39, 0.29) is 18.0 Å². The lowest BCUT2D eigenvalue weighted by molar-refractivity contribution is 0.0999. The Morgan fingerprint density at radius 2 is 2.11 bits per heavy atom. The molecule has 0 amide bonds. The molecular formula is C19H24Cl2F2N4O. The van der Waals surface area contributed by atoms with Gasteiger partial charge in [0.1, 0.15) is 11.6 Å². The summed E-state index contributed by atoms with van der Waals surface area (Å²) in [5, 5.41) is 0.831. The Hall–Kier alpha value is -1.44. The summed E-state index contributed by atoms with van der Waals surface area (Å²) in [5.41, 5.74) is 5.08. The average molecular weight is 433 g/mol. The summed E-state index contributed by atoms with van der Waals surface area (Å²) < 4.78 is 27.2. The summed E-state index contributed by atoms with van der Waals surface area (Å²) in [6.07, 6.45) is 3.05. The molecule has 9 heteroatoms. The number of nitrogens with two attached hydrogens (primary N) is 1. The lowest BCUT2D eigenvalue weighted by Crippen LogP contribution is -2.42. The zero-order valence-electron chi connectivity index (χ0n) is 15.7. The number of hydrogen-bond acceptors (Lipinski definition) is 4. The molecule has 2 heterocycles. The average Bonchev–Trinajstić information content (AvgIpc) is 2.79. The Kier molecular flexibility index (Phi) is 6.47. The third kappa shape index (κ3) is 4.58. The molecule has 0 aromatic carbocycles. The Balaban J connectivity index is 1.83. The first-order valence-electron chi connectivity index (χ1n) is 9.34. The van der Waals surface area contributed by atoms with Crippen LogP contribution >= 0.6 is 23.2 Å². The largest absolute Gasteiger partial charge is 0.356 e. The molecule has 1 fully saturated rings. The SMILES string of the molecule is Cc1nc(N2CCC[C@](N)(CC(F)F)CC2)cc(=O)n1[C@H]1CC=CC(Cl)=C1Cl. The molecule has 1 aliphatic carbocycles. The molecule has 1 aliphatic heterocycles. The highest BCUT2D eigenvalue weighted by Gasteiger charge is 2.32. The zero-order chi connectivity index (χ0) is 20.5. The van der Waals surface area contributed by atoms with Gasteiger partial charge in [-0.3, -0.25) is 9.36 Å². The van der Waals surface area contributed by atoms with Crippen LogP contribution in [-0.2, 0) is 0 Å². The van der Waals surface area contributed by atoms with Gasteiger partial charge in [-0.25, -0.2) is 13.8 Å². The number of rotatable bonds is 4. The second-order valence-corrected chi connectivity index (χ2v) is 8.33. The van der Waals surface area contributed by atoms with Gasteiger partial charge in [0, 0.05) is 31.1 Å². The fourth-order valence-corrected chi connectivity index (χ4v) is 4.42. The molecule has 2 N–H and O–H groups in total. The summed E-state index contributed by atoms with van der Waals surface area (Å²) in [4.78, 5) is 19.4. The smallest absolute Gasteiger partial charge is 0.256 e. The van der Waals surface area contributed by atoms with E-state index < -0.39 is 12.0 Å². The van der Waals surface area contributed by atoms with Crippen molar-refractivity contribution in [1.29, 1.82) is 0 Å². The third-order valence-electron chi connectivity index (χ3n) is 5.44. The summed E-state index contributed by atoms with van der Waals surface area (Å²) in [5.74, 6) is 1.07. The van der Waals surface area contributed by atoms with Crippen molar-refractivity contribution < 1.29 is 8.78 Å². The molecule has 0 bridgehead atoms. The predicted molar refractivity (Wildman–Crippen MR) is 108 cm³/mol. The molecule has 0 unspecified atom stereocenters. The fraction of sp³-hybridized carbons (Fsp3) is 0.579. The molecular weight excluding hydrogens is 409 g/mol. The quantitative estimate of drug-likeness (QED) is 0.777. The summed E-state index contributed by atoms with van der Waals surface area (Å²) in [6.45, 7) is 2.86. The molecule has 2 atom stereocenters. The Morgan fingerprint density at radius 3 is 2.79 bits per heavy atom. The molecule has 1 aromatic rings. The number of halogens is 4. The van der Waals surface area contributed by atoms with Crippen molar-refractivity contribution in [3.8, 4) is 0 Å². The normalized spacial score (nSPS) is 26.1. The van der Waals surface area contributed by atoms with Crippen LogP contribution in [0.15, 0.2) is 33.1 Å². The summed E-state index contributed by atoms with van der Waals surface area (Å²) in [6, 6.07) is 1.10. The van der Waals surface area contributed by atoms with Crippen LogP contribution in [0.1, 0.15) is 44.0 Å². The van der Waals surface area contributed by atoms with Crippen LogP contribution in [0.5, 0.6) is 0 Å². The summed E-state index contributed by atoms with van der Waals surface area (Å²) >= 11 is 12.4. The third-order valence-corrected chi connectivity index (χ3v) is 6.32. The number of nitrogens with zero attached hydrogens (tertiary/aromatic N) is 3. The highest BCUT2D eigenvalue weighted by Crippen LogP contribution is 2.34. The lowest BCUT2D eigenvalue weighted by Gasteiger charge is -2.28. The lowest BCUT2D eigenvalue weighted by atomic mass is 9.88.